The molecule has 0 saturated heterocycles. The Morgan fingerprint density at radius 1 is 1.09 bits per heavy atom. The maximum Gasteiger partial charge on any atom is 0.214 e. The van der Waals surface area contributed by atoms with Gasteiger partial charge in [0.25, 0.3) is 0 Å². The Kier molecular flexibility index (Phi) is 5.75. The van der Waals surface area contributed by atoms with Crippen LogP contribution in [0.2, 0.25) is 0 Å². The molecule has 0 amide bonds. The molecule has 0 spiro atoms. The third-order valence-electron chi connectivity index (χ3n) is 3.84. The van der Waals surface area contributed by atoms with Crippen LogP contribution in [0.3, 0.4) is 0 Å². The predicted molar refractivity (Wildman–Crippen MR) is 88.7 cm³/mol. The van der Waals surface area contributed by atoms with Crippen LogP contribution >= 0.6 is 0 Å². The van der Waals surface area contributed by atoms with Gasteiger partial charge in [0.2, 0.25) is 15.8 Å². The fourth-order valence-corrected chi connectivity index (χ4v) is 4.36. The van der Waals surface area contributed by atoms with Crippen LogP contribution in [0.15, 0.2) is 12.1 Å². The van der Waals surface area contributed by atoms with E-state index in [0.717, 1.165) is 18.4 Å². The summed E-state index contributed by atoms with van der Waals surface area (Å²) in [6.07, 6.45) is 2.46. The molecule has 0 atom stereocenters. The quantitative estimate of drug-likeness (QED) is 0.689. The van der Waals surface area contributed by atoms with Crippen LogP contribution in [-0.4, -0.2) is 45.8 Å². The molecule has 6 nitrogen and oxygen atoms in total. The van der Waals surface area contributed by atoms with Gasteiger partial charge in [0.15, 0.2) is 11.5 Å². The summed E-state index contributed by atoms with van der Waals surface area (Å²) < 4.78 is 42.6. The predicted octanol–water partition coefficient (Wildman–Crippen LogP) is 2.42. The highest BCUT2D eigenvalue weighted by Crippen LogP contribution is 2.39. The van der Waals surface area contributed by atoms with Crippen LogP contribution in [0.5, 0.6) is 17.2 Å². The van der Waals surface area contributed by atoms with E-state index in [4.69, 9.17) is 14.2 Å². The minimum atomic E-state index is -3.24. The largest absolute Gasteiger partial charge is 0.493 e. The lowest BCUT2D eigenvalue weighted by Gasteiger charge is -2.23. The van der Waals surface area contributed by atoms with Gasteiger partial charge in [0.05, 0.1) is 27.1 Å². The number of nitrogens with zero attached hydrogens (tertiary/aromatic N) is 1. The maximum atomic E-state index is 12.5. The molecule has 0 bridgehead atoms. The van der Waals surface area contributed by atoms with Gasteiger partial charge in [-0.05, 0) is 37.0 Å². The zero-order valence-electron chi connectivity index (χ0n) is 14.2. The Labute approximate surface area is 138 Å². The lowest BCUT2D eigenvalue weighted by atomic mass is 10.1. The standard InChI is InChI=1S/C16H25NO5S/c1-5-8-23(18,19)17(13-6-7-13)11-12-9-14(20-2)16(22-4)15(10-12)21-3/h9-10,13H,5-8,11H2,1-4H3. The lowest BCUT2D eigenvalue weighted by molar-refractivity contribution is 0.322. The summed E-state index contributed by atoms with van der Waals surface area (Å²) in [4.78, 5) is 0. The van der Waals surface area contributed by atoms with Gasteiger partial charge in [-0.25, -0.2) is 8.42 Å². The molecule has 130 valence electrons. The van der Waals surface area contributed by atoms with E-state index in [1.165, 1.54) is 0 Å². The molecule has 2 rings (SSSR count). The molecule has 1 aromatic rings. The second-order valence-corrected chi connectivity index (χ2v) is 7.67. The number of rotatable bonds is 9. The van der Waals surface area contributed by atoms with Crippen molar-refractivity contribution in [2.24, 2.45) is 0 Å². The highest BCUT2D eigenvalue weighted by molar-refractivity contribution is 7.89. The van der Waals surface area contributed by atoms with Crippen LogP contribution in [0.1, 0.15) is 31.7 Å². The van der Waals surface area contributed by atoms with Crippen LogP contribution in [0.4, 0.5) is 0 Å². The Morgan fingerprint density at radius 2 is 1.65 bits per heavy atom. The first-order valence-electron chi connectivity index (χ1n) is 7.75. The summed E-state index contributed by atoms with van der Waals surface area (Å²) in [7, 11) is 1.40. The van der Waals surface area contributed by atoms with Crippen LogP contribution in [-0.2, 0) is 16.6 Å². The first-order valence-corrected chi connectivity index (χ1v) is 9.36. The zero-order valence-corrected chi connectivity index (χ0v) is 15.0. The number of methoxy groups -OCH3 is 3. The van der Waals surface area contributed by atoms with Crippen molar-refractivity contribution in [1.82, 2.24) is 4.31 Å². The van der Waals surface area contributed by atoms with E-state index >= 15 is 0 Å². The molecular formula is C16H25NO5S. The highest BCUT2D eigenvalue weighted by Gasteiger charge is 2.36. The molecule has 23 heavy (non-hydrogen) atoms. The van der Waals surface area contributed by atoms with Gasteiger partial charge in [0, 0.05) is 12.6 Å². The zero-order chi connectivity index (χ0) is 17.0. The Balaban J connectivity index is 2.33. The van der Waals surface area contributed by atoms with Crippen LogP contribution < -0.4 is 14.2 Å². The first kappa shape index (κ1) is 17.9. The second kappa shape index (κ2) is 7.40. The van der Waals surface area contributed by atoms with Gasteiger partial charge in [-0.2, -0.15) is 4.31 Å². The normalized spacial score (nSPS) is 14.8. The summed E-state index contributed by atoms with van der Waals surface area (Å²) in [6, 6.07) is 3.72. The van der Waals surface area contributed by atoms with Gasteiger partial charge in [0.1, 0.15) is 0 Å². The molecule has 1 fully saturated rings. The molecule has 0 aromatic heterocycles. The van der Waals surface area contributed by atoms with Crippen molar-refractivity contribution in [2.45, 2.75) is 38.8 Å². The van der Waals surface area contributed by atoms with Crippen molar-refractivity contribution in [3.8, 4) is 17.2 Å². The second-order valence-electron chi connectivity index (χ2n) is 5.63. The number of hydrogen-bond donors (Lipinski definition) is 0. The molecule has 1 aliphatic rings. The van der Waals surface area contributed by atoms with Gasteiger partial charge in [-0.3, -0.25) is 0 Å². The first-order chi connectivity index (χ1) is 11.0. The number of sulfonamides is 1. The van der Waals surface area contributed by atoms with E-state index in [0.29, 0.717) is 30.2 Å². The average Bonchev–Trinajstić information content (AvgIpc) is 3.35. The Bertz CT molecular complexity index is 615. The van der Waals surface area contributed by atoms with E-state index in [9.17, 15) is 8.42 Å². The highest BCUT2D eigenvalue weighted by atomic mass is 32.2. The molecular weight excluding hydrogens is 318 g/mol. The van der Waals surface area contributed by atoms with E-state index in [1.54, 1.807) is 37.8 Å². The van der Waals surface area contributed by atoms with Gasteiger partial charge >= 0.3 is 0 Å². The number of benzene rings is 1. The van der Waals surface area contributed by atoms with E-state index < -0.39 is 10.0 Å². The third kappa shape index (κ3) is 4.09. The summed E-state index contributed by atoms with van der Waals surface area (Å²) in [5, 5.41) is 0. The Hall–Kier alpha value is -1.47. The van der Waals surface area contributed by atoms with Crippen molar-refractivity contribution < 1.29 is 22.6 Å². The van der Waals surface area contributed by atoms with Gasteiger partial charge in [-0.1, -0.05) is 6.92 Å². The van der Waals surface area contributed by atoms with E-state index in [-0.39, 0.29) is 11.8 Å². The minimum absolute atomic E-state index is 0.116. The van der Waals surface area contributed by atoms with Crippen molar-refractivity contribution in [2.75, 3.05) is 27.1 Å². The van der Waals surface area contributed by atoms with Gasteiger partial charge < -0.3 is 14.2 Å². The summed E-state index contributed by atoms with van der Waals surface area (Å²) >= 11 is 0. The molecule has 1 aliphatic carbocycles. The van der Waals surface area contributed by atoms with E-state index in [2.05, 4.69) is 0 Å². The van der Waals surface area contributed by atoms with Crippen molar-refractivity contribution in [3.63, 3.8) is 0 Å². The fourth-order valence-electron chi connectivity index (χ4n) is 2.60. The summed E-state index contributed by atoms with van der Waals surface area (Å²) in [5.41, 5.74) is 0.825. The van der Waals surface area contributed by atoms with Gasteiger partial charge in [-0.15, -0.1) is 0 Å². The van der Waals surface area contributed by atoms with Crippen molar-refractivity contribution in [1.29, 1.82) is 0 Å². The topological polar surface area (TPSA) is 65.1 Å². The molecule has 1 saturated carbocycles. The van der Waals surface area contributed by atoms with Crippen molar-refractivity contribution in [3.05, 3.63) is 17.7 Å². The van der Waals surface area contributed by atoms with E-state index in [1.807, 2.05) is 6.92 Å². The third-order valence-corrected chi connectivity index (χ3v) is 5.90. The molecule has 0 radical (unpaired) electrons. The number of hydrogen-bond acceptors (Lipinski definition) is 5. The maximum absolute atomic E-state index is 12.5. The monoisotopic (exact) mass is 343 g/mol. The SMILES string of the molecule is CCCS(=O)(=O)N(Cc1cc(OC)c(OC)c(OC)c1)C1CC1. The van der Waals surface area contributed by atoms with Crippen molar-refractivity contribution >= 4 is 10.0 Å². The fraction of sp³-hybridized carbons (Fsp3) is 0.625. The molecule has 1 aromatic carbocycles. The smallest absolute Gasteiger partial charge is 0.214 e. The lowest BCUT2D eigenvalue weighted by Crippen LogP contribution is -2.34. The minimum Gasteiger partial charge on any atom is -0.493 e. The average molecular weight is 343 g/mol. The van der Waals surface area contributed by atoms with Crippen LogP contribution in [0, 0.1) is 0 Å². The Morgan fingerprint density at radius 3 is 2.04 bits per heavy atom. The summed E-state index contributed by atoms with van der Waals surface area (Å²) in [6.45, 7) is 2.20. The molecule has 0 aliphatic heterocycles. The number of ether oxygens (including phenoxy) is 3. The molecule has 0 heterocycles. The molecule has 0 unspecified atom stereocenters. The molecule has 0 N–H and O–H groups in total. The van der Waals surface area contributed by atoms with Crippen LogP contribution in [0.25, 0.3) is 0 Å². The summed E-state index contributed by atoms with van der Waals surface area (Å²) in [5.74, 6) is 1.75. The molecule has 7 heteroatoms.